The number of amides is 1. The van der Waals surface area contributed by atoms with Crippen LogP contribution in [0.25, 0.3) is 0 Å². The molecular weight excluding hydrogens is 397 g/mol. The quantitative estimate of drug-likeness (QED) is 0.775. The standard InChI is InChI=1S/C21H27F3N4O2/c1-14(2)9-12-28-20(30)27-11-10-16(7-8-18(27)26-28)25-19(29)13-15-5-3-4-6-17(15)21(22,23)24/h3-6,14,16H,7-13H2,1-2H3,(H,25,29). The summed E-state index contributed by atoms with van der Waals surface area (Å²) in [5.74, 6) is 0.717. The van der Waals surface area contributed by atoms with Crippen LogP contribution in [0.2, 0.25) is 0 Å². The molecule has 1 aliphatic rings. The third kappa shape index (κ3) is 5.31. The number of nitrogens with zero attached hydrogens (tertiary/aromatic N) is 3. The van der Waals surface area contributed by atoms with Crippen molar-refractivity contribution >= 4 is 5.91 Å². The van der Waals surface area contributed by atoms with Gasteiger partial charge >= 0.3 is 11.9 Å². The predicted octanol–water partition coefficient (Wildman–Crippen LogP) is 3.17. The van der Waals surface area contributed by atoms with Crippen molar-refractivity contribution in [3.05, 3.63) is 51.7 Å². The summed E-state index contributed by atoms with van der Waals surface area (Å²) in [6.45, 7) is 5.19. The molecule has 6 nitrogen and oxygen atoms in total. The minimum atomic E-state index is -4.50. The van der Waals surface area contributed by atoms with Crippen molar-refractivity contribution in [2.75, 3.05) is 0 Å². The second kappa shape index (κ2) is 9.06. The van der Waals surface area contributed by atoms with E-state index in [0.29, 0.717) is 44.1 Å². The van der Waals surface area contributed by atoms with Crippen LogP contribution < -0.4 is 11.0 Å². The lowest BCUT2D eigenvalue weighted by Gasteiger charge is -2.17. The molecule has 1 aliphatic heterocycles. The van der Waals surface area contributed by atoms with Gasteiger partial charge in [-0.2, -0.15) is 18.3 Å². The summed E-state index contributed by atoms with van der Waals surface area (Å²) in [6, 6.07) is 4.90. The Morgan fingerprint density at radius 1 is 1.27 bits per heavy atom. The summed E-state index contributed by atoms with van der Waals surface area (Å²) in [4.78, 5) is 24.9. The maximum Gasteiger partial charge on any atom is 0.416 e. The Hall–Kier alpha value is -2.58. The summed E-state index contributed by atoms with van der Waals surface area (Å²) < 4.78 is 42.5. The molecule has 2 aromatic rings. The van der Waals surface area contributed by atoms with Crippen LogP contribution in [0.5, 0.6) is 0 Å². The molecular formula is C21H27F3N4O2. The molecule has 1 unspecified atom stereocenters. The van der Waals surface area contributed by atoms with Gasteiger partial charge in [0.05, 0.1) is 12.0 Å². The number of carbonyl (C=O) groups is 1. The van der Waals surface area contributed by atoms with Gasteiger partial charge < -0.3 is 5.32 Å². The zero-order valence-corrected chi connectivity index (χ0v) is 17.2. The lowest BCUT2D eigenvalue weighted by Crippen LogP contribution is -2.37. The number of hydrogen-bond donors (Lipinski definition) is 1. The summed E-state index contributed by atoms with van der Waals surface area (Å²) in [6.07, 6.45) is -2.30. The number of hydrogen-bond acceptors (Lipinski definition) is 3. The number of benzene rings is 1. The monoisotopic (exact) mass is 424 g/mol. The molecule has 0 fully saturated rings. The van der Waals surface area contributed by atoms with E-state index in [1.54, 1.807) is 4.57 Å². The highest BCUT2D eigenvalue weighted by atomic mass is 19.4. The minimum Gasteiger partial charge on any atom is -0.353 e. The molecule has 1 atom stereocenters. The fourth-order valence-electron chi connectivity index (χ4n) is 3.70. The van der Waals surface area contributed by atoms with Gasteiger partial charge in [-0.15, -0.1) is 0 Å². The summed E-state index contributed by atoms with van der Waals surface area (Å²) in [5, 5.41) is 7.26. The second-order valence-corrected chi connectivity index (χ2v) is 8.18. The molecule has 0 saturated carbocycles. The molecule has 0 radical (unpaired) electrons. The van der Waals surface area contributed by atoms with E-state index in [0.717, 1.165) is 12.5 Å². The molecule has 1 N–H and O–H groups in total. The Balaban J connectivity index is 1.61. The number of rotatable bonds is 6. The Labute approximate surface area is 173 Å². The molecule has 3 rings (SSSR count). The van der Waals surface area contributed by atoms with E-state index in [9.17, 15) is 22.8 Å². The second-order valence-electron chi connectivity index (χ2n) is 8.18. The first-order valence-corrected chi connectivity index (χ1v) is 10.3. The van der Waals surface area contributed by atoms with Crippen LogP contribution in [0, 0.1) is 5.92 Å². The van der Waals surface area contributed by atoms with Gasteiger partial charge in [0.25, 0.3) is 0 Å². The topological polar surface area (TPSA) is 68.9 Å². The van der Waals surface area contributed by atoms with Gasteiger partial charge in [0, 0.05) is 25.6 Å². The molecule has 9 heteroatoms. The van der Waals surface area contributed by atoms with E-state index in [1.165, 1.54) is 22.9 Å². The van der Waals surface area contributed by atoms with Crippen molar-refractivity contribution in [1.82, 2.24) is 19.7 Å². The van der Waals surface area contributed by atoms with Crippen molar-refractivity contribution in [2.45, 2.75) is 71.3 Å². The van der Waals surface area contributed by atoms with Gasteiger partial charge in [-0.05, 0) is 36.8 Å². The molecule has 1 aromatic heterocycles. The van der Waals surface area contributed by atoms with Gasteiger partial charge in [0.2, 0.25) is 5.91 Å². The van der Waals surface area contributed by atoms with Gasteiger partial charge in [-0.25, -0.2) is 9.48 Å². The van der Waals surface area contributed by atoms with Crippen LogP contribution in [-0.4, -0.2) is 26.3 Å². The fourth-order valence-corrected chi connectivity index (χ4v) is 3.70. The van der Waals surface area contributed by atoms with E-state index in [-0.39, 0.29) is 23.7 Å². The SMILES string of the molecule is CC(C)CCn1nc2n(c1=O)CCC(NC(=O)Cc1ccccc1C(F)(F)F)CC2. The Bertz CT molecular complexity index is 946. The van der Waals surface area contributed by atoms with E-state index >= 15 is 0 Å². The van der Waals surface area contributed by atoms with Crippen molar-refractivity contribution < 1.29 is 18.0 Å². The normalized spacial score (nSPS) is 16.9. The first-order valence-electron chi connectivity index (χ1n) is 10.3. The molecule has 0 aliphatic carbocycles. The first-order chi connectivity index (χ1) is 14.1. The number of nitrogens with one attached hydrogen (secondary N) is 1. The van der Waals surface area contributed by atoms with Crippen LogP contribution in [0.15, 0.2) is 29.1 Å². The molecule has 0 bridgehead atoms. The number of aromatic nitrogens is 3. The Morgan fingerprint density at radius 2 is 2.00 bits per heavy atom. The van der Waals surface area contributed by atoms with Gasteiger partial charge in [0.1, 0.15) is 5.82 Å². The zero-order chi connectivity index (χ0) is 21.9. The fraction of sp³-hybridized carbons (Fsp3) is 0.571. The van der Waals surface area contributed by atoms with Gasteiger partial charge in [-0.3, -0.25) is 9.36 Å². The highest BCUT2D eigenvalue weighted by Crippen LogP contribution is 2.32. The van der Waals surface area contributed by atoms with Crippen LogP contribution in [-0.2, 0) is 36.9 Å². The summed E-state index contributed by atoms with van der Waals surface area (Å²) in [5.41, 5.74) is -0.975. The molecule has 0 spiro atoms. The number of aryl methyl sites for hydroxylation is 2. The molecule has 164 valence electrons. The highest BCUT2D eigenvalue weighted by Gasteiger charge is 2.33. The smallest absolute Gasteiger partial charge is 0.353 e. The van der Waals surface area contributed by atoms with Crippen molar-refractivity contribution in [3.63, 3.8) is 0 Å². The number of fused-ring (bicyclic) bond motifs is 1. The van der Waals surface area contributed by atoms with Crippen molar-refractivity contribution in [1.29, 1.82) is 0 Å². The van der Waals surface area contributed by atoms with E-state index in [4.69, 9.17) is 0 Å². The van der Waals surface area contributed by atoms with E-state index in [2.05, 4.69) is 24.3 Å². The average molecular weight is 424 g/mol. The third-order valence-corrected chi connectivity index (χ3v) is 5.37. The van der Waals surface area contributed by atoms with Crippen LogP contribution >= 0.6 is 0 Å². The summed E-state index contributed by atoms with van der Waals surface area (Å²) >= 11 is 0. The molecule has 30 heavy (non-hydrogen) atoms. The predicted molar refractivity (Wildman–Crippen MR) is 106 cm³/mol. The van der Waals surface area contributed by atoms with Crippen LogP contribution in [0.3, 0.4) is 0 Å². The Kier molecular flexibility index (Phi) is 6.67. The van der Waals surface area contributed by atoms with Crippen molar-refractivity contribution in [2.24, 2.45) is 5.92 Å². The minimum absolute atomic E-state index is 0.0444. The zero-order valence-electron chi connectivity index (χ0n) is 17.2. The van der Waals surface area contributed by atoms with Crippen molar-refractivity contribution in [3.8, 4) is 0 Å². The van der Waals surface area contributed by atoms with Gasteiger partial charge in [0.15, 0.2) is 0 Å². The lowest BCUT2D eigenvalue weighted by atomic mass is 10.0. The maximum atomic E-state index is 13.1. The largest absolute Gasteiger partial charge is 0.416 e. The van der Waals surface area contributed by atoms with Gasteiger partial charge in [-0.1, -0.05) is 32.0 Å². The Morgan fingerprint density at radius 3 is 2.70 bits per heavy atom. The molecule has 2 heterocycles. The number of carbonyl (C=O) groups excluding carboxylic acids is 1. The average Bonchev–Trinajstić information content (AvgIpc) is 2.82. The first kappa shape index (κ1) is 22.1. The number of halogens is 3. The molecule has 0 saturated heterocycles. The third-order valence-electron chi connectivity index (χ3n) is 5.37. The number of alkyl halides is 3. The van der Waals surface area contributed by atoms with Crippen LogP contribution in [0.4, 0.5) is 13.2 Å². The van der Waals surface area contributed by atoms with E-state index in [1.807, 2.05) is 0 Å². The molecule has 1 aromatic carbocycles. The lowest BCUT2D eigenvalue weighted by molar-refractivity contribution is -0.138. The van der Waals surface area contributed by atoms with Crippen LogP contribution in [0.1, 0.15) is 50.1 Å². The molecule has 1 amide bonds. The van der Waals surface area contributed by atoms with E-state index < -0.39 is 17.6 Å². The maximum absolute atomic E-state index is 13.1. The highest BCUT2D eigenvalue weighted by molar-refractivity contribution is 5.79. The summed E-state index contributed by atoms with van der Waals surface area (Å²) in [7, 11) is 0.